The van der Waals surface area contributed by atoms with Crippen molar-refractivity contribution < 1.29 is 14.3 Å². The van der Waals surface area contributed by atoms with E-state index in [2.05, 4.69) is 36.1 Å². The lowest BCUT2D eigenvalue weighted by molar-refractivity contribution is -0.141. The summed E-state index contributed by atoms with van der Waals surface area (Å²) in [7, 11) is 1.57. The number of esters is 1. The number of carbonyl (C=O) groups excluding carboxylic acids is 2. The van der Waals surface area contributed by atoms with E-state index in [0.29, 0.717) is 31.3 Å². The van der Waals surface area contributed by atoms with Gasteiger partial charge in [-0.3, -0.25) is 4.79 Å². The van der Waals surface area contributed by atoms with Gasteiger partial charge in [0.2, 0.25) is 0 Å². The molecular weight excluding hydrogens is 374 g/mol. The van der Waals surface area contributed by atoms with Crippen LogP contribution in [0.25, 0.3) is 0 Å². The van der Waals surface area contributed by atoms with Crippen LogP contribution in [0.3, 0.4) is 0 Å². The minimum absolute atomic E-state index is 0.171. The van der Waals surface area contributed by atoms with E-state index >= 15 is 0 Å². The van der Waals surface area contributed by atoms with Crippen molar-refractivity contribution in [3.05, 3.63) is 28.8 Å². The van der Waals surface area contributed by atoms with Crippen LogP contribution in [0, 0.1) is 13.8 Å². The molecule has 0 amide bonds. The quantitative estimate of drug-likeness (QED) is 0.252. The summed E-state index contributed by atoms with van der Waals surface area (Å²) in [5.41, 5.74) is 4.54. The lowest BCUT2D eigenvalue weighted by atomic mass is 9.89. The molecule has 0 bridgehead atoms. The van der Waals surface area contributed by atoms with Gasteiger partial charge in [-0.1, -0.05) is 6.07 Å². The molecule has 0 radical (unpaired) electrons. The molecule has 0 aliphatic rings. The fourth-order valence-electron chi connectivity index (χ4n) is 3.06. The Bertz CT molecular complexity index is 596. The number of rotatable bonds is 12. The maximum absolute atomic E-state index is 11.7. The lowest BCUT2D eigenvalue weighted by Crippen LogP contribution is -2.37. The SMILES string of the molecule is COC(=O)C[C@H](Cc1c(C)ccc(N(CCCl)CCCl)c1C)NBC=O. The number of anilines is 1. The summed E-state index contributed by atoms with van der Waals surface area (Å²) in [5.74, 6) is 0.738. The maximum atomic E-state index is 11.7. The molecule has 26 heavy (non-hydrogen) atoms. The van der Waals surface area contributed by atoms with E-state index in [1.807, 2.05) is 0 Å². The number of hydrogen-bond acceptors (Lipinski definition) is 5. The van der Waals surface area contributed by atoms with Crippen LogP contribution in [0.5, 0.6) is 0 Å². The molecule has 0 heterocycles. The summed E-state index contributed by atoms with van der Waals surface area (Å²) in [5, 5.41) is 3.11. The Morgan fingerprint density at radius 2 is 1.96 bits per heavy atom. The molecule has 0 fully saturated rings. The first kappa shape index (κ1) is 22.8. The molecule has 0 unspecified atom stereocenters. The van der Waals surface area contributed by atoms with E-state index in [1.165, 1.54) is 7.11 Å². The van der Waals surface area contributed by atoms with Crippen molar-refractivity contribution in [2.45, 2.75) is 32.7 Å². The Kier molecular flexibility index (Phi) is 10.7. The van der Waals surface area contributed by atoms with Gasteiger partial charge in [-0.15, -0.1) is 23.2 Å². The van der Waals surface area contributed by atoms with Gasteiger partial charge < -0.3 is 19.7 Å². The fourth-order valence-corrected chi connectivity index (χ4v) is 3.46. The van der Waals surface area contributed by atoms with Crippen LogP contribution in [0.15, 0.2) is 12.1 Å². The summed E-state index contributed by atoms with van der Waals surface area (Å²) in [6, 6.07) is 3.98. The van der Waals surface area contributed by atoms with Crippen LogP contribution in [0.2, 0.25) is 0 Å². The summed E-state index contributed by atoms with van der Waals surface area (Å²) in [6.07, 6.45) is 1.63. The van der Waals surface area contributed by atoms with Gasteiger partial charge in [-0.2, -0.15) is 0 Å². The minimum atomic E-state index is -0.300. The van der Waals surface area contributed by atoms with Crippen molar-refractivity contribution >= 4 is 48.5 Å². The largest absolute Gasteiger partial charge is 0.469 e. The van der Waals surface area contributed by atoms with Crippen LogP contribution in [-0.2, 0) is 20.7 Å². The molecule has 0 spiro atoms. The van der Waals surface area contributed by atoms with E-state index in [0.717, 1.165) is 28.6 Å². The number of ether oxygens (including phenoxy) is 1. The molecule has 0 saturated carbocycles. The van der Waals surface area contributed by atoms with Gasteiger partial charge in [0.25, 0.3) is 7.41 Å². The van der Waals surface area contributed by atoms with Crippen LogP contribution in [0.4, 0.5) is 5.69 Å². The molecule has 1 atom stereocenters. The highest BCUT2D eigenvalue weighted by molar-refractivity contribution is 6.64. The summed E-state index contributed by atoms with van der Waals surface area (Å²) >= 11 is 11.9. The Hall–Kier alpha value is -1.24. The standard InChI is InChI=1S/C18H27BCl2N2O3/c1-13-4-5-17(23(8-6-20)9-7-21)14(2)16(13)10-15(22-19-12-24)11-18(25)26-3/h4-5,12,15,19,22H,6-11H2,1-3H3/t15-/m0/s1. The summed E-state index contributed by atoms with van der Waals surface area (Å²) in [6.45, 7) is 5.55. The number of nitrogens with zero attached hydrogens (tertiary/aromatic N) is 1. The predicted octanol–water partition coefficient (Wildman–Crippen LogP) is 2.19. The molecule has 1 aromatic rings. The number of alkyl halides is 2. The monoisotopic (exact) mass is 400 g/mol. The smallest absolute Gasteiger partial charge is 0.307 e. The Balaban J connectivity index is 3.13. The second-order valence-electron chi connectivity index (χ2n) is 6.13. The van der Waals surface area contributed by atoms with Gasteiger partial charge in [0, 0.05) is 36.6 Å². The zero-order valence-electron chi connectivity index (χ0n) is 15.7. The second-order valence-corrected chi connectivity index (χ2v) is 6.88. The van der Waals surface area contributed by atoms with Gasteiger partial charge in [0.15, 0.2) is 0 Å². The highest BCUT2D eigenvalue weighted by Gasteiger charge is 2.19. The molecule has 0 aliphatic carbocycles. The Morgan fingerprint density at radius 3 is 2.50 bits per heavy atom. The van der Waals surface area contributed by atoms with Gasteiger partial charge in [0.05, 0.1) is 19.7 Å². The zero-order chi connectivity index (χ0) is 19.5. The average molecular weight is 401 g/mol. The van der Waals surface area contributed by atoms with E-state index in [4.69, 9.17) is 27.9 Å². The summed E-state index contributed by atoms with van der Waals surface area (Å²) < 4.78 is 4.78. The van der Waals surface area contributed by atoms with Gasteiger partial charge in [0.1, 0.15) is 0 Å². The molecule has 1 aromatic carbocycles. The first-order valence-corrected chi connectivity index (χ1v) is 9.75. The molecule has 0 saturated heterocycles. The van der Waals surface area contributed by atoms with Crippen molar-refractivity contribution in [1.29, 1.82) is 0 Å². The number of methoxy groups -OCH3 is 1. The number of hydrogen-bond donors (Lipinski definition) is 1. The van der Waals surface area contributed by atoms with Crippen LogP contribution >= 0.6 is 23.2 Å². The molecule has 5 nitrogen and oxygen atoms in total. The highest BCUT2D eigenvalue weighted by Crippen LogP contribution is 2.27. The molecule has 0 aromatic heterocycles. The third-order valence-electron chi connectivity index (χ3n) is 4.43. The Labute approximate surface area is 166 Å². The second kappa shape index (κ2) is 12.2. The van der Waals surface area contributed by atoms with E-state index in [-0.39, 0.29) is 25.8 Å². The highest BCUT2D eigenvalue weighted by atomic mass is 35.5. The van der Waals surface area contributed by atoms with Crippen LogP contribution < -0.4 is 10.1 Å². The molecule has 1 rings (SSSR count). The molecular formula is C18H27BCl2N2O3. The van der Waals surface area contributed by atoms with Crippen molar-refractivity contribution in [2.75, 3.05) is 36.9 Å². The molecule has 1 N–H and O–H groups in total. The normalized spacial score (nSPS) is 11.7. The third-order valence-corrected chi connectivity index (χ3v) is 4.77. The van der Waals surface area contributed by atoms with Crippen molar-refractivity contribution in [2.24, 2.45) is 0 Å². The topological polar surface area (TPSA) is 58.6 Å². The number of carbonyl (C=O) groups is 2. The van der Waals surface area contributed by atoms with Crippen molar-refractivity contribution in [1.82, 2.24) is 5.23 Å². The zero-order valence-corrected chi connectivity index (χ0v) is 17.2. The van der Waals surface area contributed by atoms with Crippen molar-refractivity contribution in [3.63, 3.8) is 0 Å². The first-order chi connectivity index (χ1) is 12.5. The number of halogens is 2. The molecule has 0 aliphatic heterocycles. The van der Waals surface area contributed by atoms with Crippen LogP contribution in [-0.4, -0.2) is 57.6 Å². The third kappa shape index (κ3) is 6.82. The lowest BCUT2D eigenvalue weighted by Gasteiger charge is -2.28. The first-order valence-electron chi connectivity index (χ1n) is 8.68. The van der Waals surface area contributed by atoms with Crippen molar-refractivity contribution in [3.8, 4) is 0 Å². The maximum Gasteiger partial charge on any atom is 0.307 e. The minimum Gasteiger partial charge on any atom is -0.469 e. The number of aryl methyl sites for hydroxylation is 1. The average Bonchev–Trinajstić information content (AvgIpc) is 2.62. The van der Waals surface area contributed by atoms with E-state index in [9.17, 15) is 9.59 Å². The van der Waals surface area contributed by atoms with Gasteiger partial charge >= 0.3 is 5.97 Å². The number of nitrogens with one attached hydrogen (secondary N) is 1. The number of benzene rings is 1. The molecule has 144 valence electrons. The van der Waals surface area contributed by atoms with Crippen LogP contribution in [0.1, 0.15) is 23.1 Å². The van der Waals surface area contributed by atoms with E-state index in [1.54, 1.807) is 0 Å². The Morgan fingerprint density at radius 1 is 1.31 bits per heavy atom. The van der Waals surface area contributed by atoms with E-state index < -0.39 is 0 Å². The fraction of sp³-hybridized carbons (Fsp3) is 0.556. The molecule has 8 heteroatoms. The summed E-state index contributed by atoms with van der Waals surface area (Å²) in [4.78, 5) is 24.6. The van der Waals surface area contributed by atoms with Gasteiger partial charge in [-0.25, -0.2) is 0 Å². The van der Waals surface area contributed by atoms with Gasteiger partial charge in [-0.05, 0) is 43.0 Å². The predicted molar refractivity (Wildman–Crippen MR) is 111 cm³/mol.